The van der Waals surface area contributed by atoms with Crippen molar-refractivity contribution in [2.24, 2.45) is 0 Å². The molecule has 1 saturated heterocycles. The summed E-state index contributed by atoms with van der Waals surface area (Å²) in [5.41, 5.74) is 0.477. The van der Waals surface area contributed by atoms with Crippen molar-refractivity contribution in [3.63, 3.8) is 0 Å². The van der Waals surface area contributed by atoms with Crippen molar-refractivity contribution < 1.29 is 0 Å². The molecule has 2 aliphatic carbocycles. The van der Waals surface area contributed by atoms with Gasteiger partial charge in [0, 0.05) is 23.4 Å². The lowest BCUT2D eigenvalue weighted by atomic mass is 9.87. The van der Waals surface area contributed by atoms with Crippen molar-refractivity contribution in [3.05, 3.63) is 0 Å². The van der Waals surface area contributed by atoms with Crippen LogP contribution in [0.15, 0.2) is 0 Å². The second-order valence-corrected chi connectivity index (χ2v) is 8.70. The van der Waals surface area contributed by atoms with Crippen LogP contribution in [-0.2, 0) is 0 Å². The van der Waals surface area contributed by atoms with Crippen LogP contribution in [0.3, 0.4) is 0 Å². The maximum Gasteiger partial charge on any atom is 0.0308 e. The van der Waals surface area contributed by atoms with Gasteiger partial charge in [0.2, 0.25) is 0 Å². The second-order valence-electron chi connectivity index (χ2n) is 7.43. The number of rotatable bonds is 3. The first kappa shape index (κ1) is 15.2. The monoisotopic (exact) mass is 296 g/mol. The Morgan fingerprint density at radius 1 is 0.950 bits per heavy atom. The molecule has 3 aliphatic rings. The van der Waals surface area contributed by atoms with Gasteiger partial charge in [0.25, 0.3) is 0 Å². The van der Waals surface area contributed by atoms with Gasteiger partial charge >= 0.3 is 0 Å². The fourth-order valence-corrected chi connectivity index (χ4v) is 5.78. The van der Waals surface area contributed by atoms with Crippen LogP contribution < -0.4 is 5.32 Å². The van der Waals surface area contributed by atoms with Gasteiger partial charge in [-0.1, -0.05) is 32.1 Å². The third-order valence-electron chi connectivity index (χ3n) is 5.95. The molecule has 0 unspecified atom stereocenters. The summed E-state index contributed by atoms with van der Waals surface area (Å²) in [7, 11) is 0. The van der Waals surface area contributed by atoms with E-state index in [2.05, 4.69) is 28.2 Å². The predicted molar refractivity (Wildman–Crippen MR) is 89.6 cm³/mol. The highest BCUT2D eigenvalue weighted by Crippen LogP contribution is 2.40. The third kappa shape index (κ3) is 3.36. The normalized spacial score (nSPS) is 30.4. The molecular weight excluding hydrogens is 264 g/mol. The summed E-state index contributed by atoms with van der Waals surface area (Å²) >= 11 is 2.16. The second kappa shape index (κ2) is 6.58. The summed E-state index contributed by atoms with van der Waals surface area (Å²) in [6.45, 7) is 5.22. The van der Waals surface area contributed by atoms with Crippen LogP contribution in [0, 0.1) is 0 Å². The summed E-state index contributed by atoms with van der Waals surface area (Å²) in [5.74, 6) is 0. The molecule has 0 atom stereocenters. The SMILES string of the molecule is CSC1(CN2CCCNC3(CCCC3)C2)CCCCC1. The zero-order valence-electron chi connectivity index (χ0n) is 13.3. The van der Waals surface area contributed by atoms with Crippen LogP contribution in [0.1, 0.15) is 64.2 Å². The molecule has 0 radical (unpaired) electrons. The van der Waals surface area contributed by atoms with E-state index >= 15 is 0 Å². The van der Waals surface area contributed by atoms with Crippen molar-refractivity contribution >= 4 is 11.8 Å². The minimum absolute atomic E-state index is 0.477. The molecule has 116 valence electrons. The molecule has 0 amide bonds. The molecule has 2 saturated carbocycles. The Kier molecular flexibility index (Phi) is 4.99. The standard InChI is InChI=1S/C17H32N2S/c1-20-17(10-3-2-4-11-17)15-19-13-7-12-18-16(14-19)8-5-6-9-16/h18H,2-15H2,1H3. The predicted octanol–water partition coefficient (Wildman–Crippen LogP) is 3.66. The van der Waals surface area contributed by atoms with Gasteiger partial charge in [0.15, 0.2) is 0 Å². The van der Waals surface area contributed by atoms with Crippen LogP contribution in [0.5, 0.6) is 0 Å². The Hall–Kier alpha value is 0.270. The Morgan fingerprint density at radius 2 is 1.65 bits per heavy atom. The molecule has 20 heavy (non-hydrogen) atoms. The number of nitrogens with zero attached hydrogens (tertiary/aromatic N) is 1. The molecule has 1 spiro atoms. The van der Waals surface area contributed by atoms with Crippen LogP contribution in [0.2, 0.25) is 0 Å². The lowest BCUT2D eigenvalue weighted by molar-refractivity contribution is 0.180. The Morgan fingerprint density at radius 3 is 2.35 bits per heavy atom. The van der Waals surface area contributed by atoms with Gasteiger partial charge in [-0.25, -0.2) is 0 Å². The highest BCUT2D eigenvalue weighted by atomic mass is 32.2. The highest BCUT2D eigenvalue weighted by Gasteiger charge is 2.39. The fourth-order valence-electron chi connectivity index (χ4n) is 4.77. The van der Waals surface area contributed by atoms with Crippen molar-refractivity contribution in [1.82, 2.24) is 10.2 Å². The first-order chi connectivity index (χ1) is 9.76. The van der Waals surface area contributed by atoms with E-state index in [1.54, 1.807) is 0 Å². The lowest BCUT2D eigenvalue weighted by Crippen LogP contribution is -2.52. The highest BCUT2D eigenvalue weighted by molar-refractivity contribution is 8.00. The number of hydrogen-bond acceptors (Lipinski definition) is 3. The molecule has 3 rings (SSSR count). The summed E-state index contributed by atoms with van der Waals surface area (Å²) < 4.78 is 0.572. The molecule has 1 aliphatic heterocycles. The quantitative estimate of drug-likeness (QED) is 0.855. The van der Waals surface area contributed by atoms with Gasteiger partial charge in [-0.3, -0.25) is 0 Å². The summed E-state index contributed by atoms with van der Waals surface area (Å²) in [4.78, 5) is 2.83. The zero-order chi connectivity index (χ0) is 13.9. The topological polar surface area (TPSA) is 15.3 Å². The molecule has 0 aromatic heterocycles. The van der Waals surface area contributed by atoms with Gasteiger partial charge in [-0.15, -0.1) is 0 Å². The maximum absolute atomic E-state index is 3.91. The first-order valence-corrected chi connectivity index (χ1v) is 10.0. The van der Waals surface area contributed by atoms with E-state index in [0.717, 1.165) is 0 Å². The van der Waals surface area contributed by atoms with Crippen LogP contribution >= 0.6 is 11.8 Å². The van der Waals surface area contributed by atoms with E-state index in [0.29, 0.717) is 10.3 Å². The summed E-state index contributed by atoms with van der Waals surface area (Å²) in [6.07, 6.45) is 16.7. The van der Waals surface area contributed by atoms with E-state index in [9.17, 15) is 0 Å². The smallest absolute Gasteiger partial charge is 0.0308 e. The van der Waals surface area contributed by atoms with E-state index in [1.807, 2.05) is 0 Å². The van der Waals surface area contributed by atoms with E-state index < -0.39 is 0 Å². The van der Waals surface area contributed by atoms with Gasteiger partial charge in [-0.2, -0.15) is 11.8 Å². The molecule has 3 heteroatoms. The van der Waals surface area contributed by atoms with E-state index in [-0.39, 0.29) is 0 Å². The van der Waals surface area contributed by atoms with E-state index in [1.165, 1.54) is 90.4 Å². The first-order valence-electron chi connectivity index (χ1n) is 8.79. The van der Waals surface area contributed by atoms with Crippen molar-refractivity contribution in [1.29, 1.82) is 0 Å². The van der Waals surface area contributed by atoms with Crippen LogP contribution in [-0.4, -0.2) is 47.6 Å². The van der Waals surface area contributed by atoms with Crippen molar-refractivity contribution in [2.75, 3.05) is 32.4 Å². The minimum atomic E-state index is 0.477. The Labute approximate surface area is 129 Å². The van der Waals surface area contributed by atoms with Crippen molar-refractivity contribution in [2.45, 2.75) is 74.5 Å². The molecule has 0 bridgehead atoms. The summed E-state index contributed by atoms with van der Waals surface area (Å²) in [6, 6.07) is 0. The Bertz CT molecular complexity index is 306. The molecule has 1 N–H and O–H groups in total. The number of hydrogen-bond donors (Lipinski definition) is 1. The minimum Gasteiger partial charge on any atom is -0.310 e. The zero-order valence-corrected chi connectivity index (χ0v) is 14.1. The lowest BCUT2D eigenvalue weighted by Gasteiger charge is -2.42. The van der Waals surface area contributed by atoms with Crippen molar-refractivity contribution in [3.8, 4) is 0 Å². The van der Waals surface area contributed by atoms with E-state index in [4.69, 9.17) is 0 Å². The average Bonchev–Trinajstić information content (AvgIpc) is 2.83. The molecule has 0 aromatic rings. The Balaban J connectivity index is 1.65. The average molecular weight is 297 g/mol. The van der Waals surface area contributed by atoms with Gasteiger partial charge in [0.05, 0.1) is 0 Å². The molecule has 3 fully saturated rings. The number of nitrogens with one attached hydrogen (secondary N) is 1. The molecule has 0 aromatic carbocycles. The maximum atomic E-state index is 3.91. The van der Waals surface area contributed by atoms with Crippen LogP contribution in [0.4, 0.5) is 0 Å². The summed E-state index contributed by atoms with van der Waals surface area (Å²) in [5, 5.41) is 3.91. The largest absolute Gasteiger partial charge is 0.310 e. The molecule has 2 nitrogen and oxygen atoms in total. The fraction of sp³-hybridized carbons (Fsp3) is 1.00. The number of thioether (sulfide) groups is 1. The van der Waals surface area contributed by atoms with Crippen LogP contribution in [0.25, 0.3) is 0 Å². The third-order valence-corrected chi connectivity index (χ3v) is 7.35. The molecule has 1 heterocycles. The van der Waals surface area contributed by atoms with Gasteiger partial charge in [0.1, 0.15) is 0 Å². The van der Waals surface area contributed by atoms with Gasteiger partial charge < -0.3 is 10.2 Å². The molecular formula is C17H32N2S. The van der Waals surface area contributed by atoms with Gasteiger partial charge in [-0.05, 0) is 51.4 Å².